The number of hydrogen-bond donors (Lipinski definition) is 1. The van der Waals surface area contributed by atoms with Crippen LogP contribution in [-0.2, 0) is 0 Å². The second kappa shape index (κ2) is 5.38. The molecule has 0 aliphatic heterocycles. The number of amides is 1. The van der Waals surface area contributed by atoms with E-state index in [-0.39, 0.29) is 11.6 Å². The maximum absolute atomic E-state index is 13.4. The molecular formula is C12H9F2N3O2. The summed E-state index contributed by atoms with van der Waals surface area (Å²) in [5.74, 6) is -3.27. The third-order valence-corrected chi connectivity index (χ3v) is 2.30. The molecule has 0 atom stereocenters. The number of nitrogens with zero attached hydrogens (tertiary/aromatic N) is 2. The molecule has 0 aromatic carbocycles. The Labute approximate surface area is 107 Å². The predicted molar refractivity (Wildman–Crippen MR) is 62.9 cm³/mol. The Morgan fingerprint density at radius 1 is 1.26 bits per heavy atom. The lowest BCUT2D eigenvalue weighted by atomic mass is 10.2. The Kier molecular flexibility index (Phi) is 3.65. The molecule has 0 unspecified atom stereocenters. The summed E-state index contributed by atoms with van der Waals surface area (Å²) in [6, 6.07) is 4.18. The van der Waals surface area contributed by atoms with Crippen LogP contribution in [0.2, 0.25) is 0 Å². The summed E-state index contributed by atoms with van der Waals surface area (Å²) in [5.41, 5.74) is -0.190. The molecule has 1 N–H and O–H groups in total. The molecule has 0 aliphatic rings. The van der Waals surface area contributed by atoms with Crippen molar-refractivity contribution in [2.45, 2.75) is 0 Å². The molecular weight excluding hydrogens is 256 g/mol. The van der Waals surface area contributed by atoms with E-state index in [4.69, 9.17) is 4.74 Å². The molecule has 0 saturated heterocycles. The zero-order valence-electron chi connectivity index (χ0n) is 9.85. The summed E-state index contributed by atoms with van der Waals surface area (Å²) in [4.78, 5) is 18.8. The summed E-state index contributed by atoms with van der Waals surface area (Å²) >= 11 is 0. The van der Waals surface area contributed by atoms with Gasteiger partial charge in [0.05, 0.1) is 12.7 Å². The van der Waals surface area contributed by atoms with Crippen molar-refractivity contribution in [2.24, 2.45) is 0 Å². The van der Waals surface area contributed by atoms with Gasteiger partial charge in [-0.05, 0) is 18.2 Å². The Hall–Kier alpha value is -2.57. The highest BCUT2D eigenvalue weighted by Gasteiger charge is 2.17. The predicted octanol–water partition coefficient (Wildman–Crippen LogP) is 2.02. The van der Waals surface area contributed by atoms with Crippen LogP contribution in [0.25, 0.3) is 0 Å². The van der Waals surface area contributed by atoms with Gasteiger partial charge < -0.3 is 10.1 Å². The first kappa shape index (κ1) is 12.9. The van der Waals surface area contributed by atoms with Gasteiger partial charge in [-0.3, -0.25) is 4.79 Å². The van der Waals surface area contributed by atoms with Crippen molar-refractivity contribution in [1.29, 1.82) is 0 Å². The highest BCUT2D eigenvalue weighted by atomic mass is 19.2. The van der Waals surface area contributed by atoms with Crippen molar-refractivity contribution < 1.29 is 18.3 Å². The number of methoxy groups -OCH3 is 1. The van der Waals surface area contributed by atoms with Gasteiger partial charge in [0.1, 0.15) is 5.69 Å². The van der Waals surface area contributed by atoms with Gasteiger partial charge in [0.2, 0.25) is 11.8 Å². The molecule has 2 aromatic heterocycles. The zero-order chi connectivity index (χ0) is 13.8. The number of carbonyl (C=O) groups is 1. The smallest absolute Gasteiger partial charge is 0.259 e. The largest absolute Gasteiger partial charge is 0.480 e. The molecule has 2 heterocycles. The van der Waals surface area contributed by atoms with Gasteiger partial charge in [0.15, 0.2) is 5.82 Å². The molecule has 2 aromatic rings. The van der Waals surface area contributed by atoms with Crippen LogP contribution in [0.1, 0.15) is 10.4 Å². The molecule has 0 fully saturated rings. The van der Waals surface area contributed by atoms with Crippen LogP contribution in [0, 0.1) is 11.8 Å². The topological polar surface area (TPSA) is 64.1 Å². The minimum absolute atomic E-state index is 0.172. The maximum atomic E-state index is 13.4. The summed E-state index contributed by atoms with van der Waals surface area (Å²) in [6.07, 6.45) is 2.48. The number of halogens is 2. The lowest BCUT2D eigenvalue weighted by molar-refractivity contribution is 0.102. The van der Waals surface area contributed by atoms with Crippen molar-refractivity contribution in [1.82, 2.24) is 9.97 Å². The second-order valence-corrected chi connectivity index (χ2v) is 3.48. The Morgan fingerprint density at radius 3 is 2.79 bits per heavy atom. The molecule has 0 bridgehead atoms. The number of pyridine rings is 2. The Bertz CT molecular complexity index is 620. The van der Waals surface area contributed by atoms with Crippen molar-refractivity contribution >= 4 is 11.6 Å². The van der Waals surface area contributed by atoms with E-state index in [0.29, 0.717) is 0 Å². The molecule has 98 valence electrons. The maximum Gasteiger partial charge on any atom is 0.259 e. The number of aromatic nitrogens is 2. The molecule has 7 heteroatoms. The quantitative estimate of drug-likeness (QED) is 0.862. The third-order valence-electron chi connectivity index (χ3n) is 2.30. The molecule has 5 nitrogen and oxygen atoms in total. The van der Waals surface area contributed by atoms with E-state index in [1.54, 1.807) is 6.07 Å². The molecule has 0 radical (unpaired) electrons. The van der Waals surface area contributed by atoms with Gasteiger partial charge in [0, 0.05) is 12.4 Å². The van der Waals surface area contributed by atoms with Gasteiger partial charge in [-0.1, -0.05) is 0 Å². The fraction of sp³-hybridized carbons (Fsp3) is 0.0833. The van der Waals surface area contributed by atoms with Crippen LogP contribution >= 0.6 is 0 Å². The van der Waals surface area contributed by atoms with Gasteiger partial charge in [0.25, 0.3) is 5.91 Å². The summed E-state index contributed by atoms with van der Waals surface area (Å²) in [5, 5.41) is 2.38. The first-order valence-electron chi connectivity index (χ1n) is 5.24. The first-order valence-corrected chi connectivity index (χ1v) is 5.24. The number of nitrogens with one attached hydrogen (secondary N) is 1. The van der Waals surface area contributed by atoms with E-state index >= 15 is 0 Å². The van der Waals surface area contributed by atoms with Crippen LogP contribution in [0.4, 0.5) is 14.5 Å². The molecule has 2 rings (SSSR count). The molecule has 0 saturated carbocycles. The standard InChI is InChI=1S/C12H9F2N3O2/c1-19-12-8(3-2-5-16-12)17-11(18)7-4-6-15-10(14)9(7)13/h2-6H,1H3,(H,17,18). The van der Waals surface area contributed by atoms with E-state index in [9.17, 15) is 13.6 Å². The summed E-state index contributed by atoms with van der Waals surface area (Å²) in [6.45, 7) is 0. The molecule has 1 amide bonds. The number of rotatable bonds is 3. The van der Waals surface area contributed by atoms with Crippen molar-refractivity contribution in [3.8, 4) is 5.88 Å². The molecule has 0 aliphatic carbocycles. The minimum Gasteiger partial charge on any atom is -0.480 e. The van der Waals surface area contributed by atoms with E-state index < -0.39 is 23.2 Å². The van der Waals surface area contributed by atoms with Crippen LogP contribution in [0.15, 0.2) is 30.6 Å². The number of ether oxygens (including phenoxy) is 1. The number of carbonyl (C=O) groups excluding carboxylic acids is 1. The van der Waals surface area contributed by atoms with Crippen LogP contribution in [0.3, 0.4) is 0 Å². The van der Waals surface area contributed by atoms with Crippen LogP contribution in [0.5, 0.6) is 5.88 Å². The fourth-order valence-corrected chi connectivity index (χ4v) is 1.43. The van der Waals surface area contributed by atoms with Gasteiger partial charge in [-0.2, -0.15) is 4.39 Å². The average Bonchev–Trinajstić information content (AvgIpc) is 2.42. The van der Waals surface area contributed by atoms with Gasteiger partial charge in [-0.15, -0.1) is 0 Å². The zero-order valence-corrected chi connectivity index (χ0v) is 9.85. The van der Waals surface area contributed by atoms with Crippen molar-refractivity contribution in [3.63, 3.8) is 0 Å². The summed E-state index contributed by atoms with van der Waals surface area (Å²) < 4.78 is 31.2. The van der Waals surface area contributed by atoms with Crippen LogP contribution in [-0.4, -0.2) is 23.0 Å². The normalized spacial score (nSPS) is 10.1. The lowest BCUT2D eigenvalue weighted by Crippen LogP contribution is -2.15. The summed E-state index contributed by atoms with van der Waals surface area (Å²) in [7, 11) is 1.38. The second-order valence-electron chi connectivity index (χ2n) is 3.48. The fourth-order valence-electron chi connectivity index (χ4n) is 1.43. The van der Waals surface area contributed by atoms with Gasteiger partial charge in [-0.25, -0.2) is 14.4 Å². The molecule has 0 spiro atoms. The highest BCUT2D eigenvalue weighted by Crippen LogP contribution is 2.21. The van der Waals surface area contributed by atoms with E-state index in [0.717, 1.165) is 12.3 Å². The van der Waals surface area contributed by atoms with Gasteiger partial charge >= 0.3 is 0 Å². The highest BCUT2D eigenvalue weighted by molar-refractivity contribution is 6.04. The lowest BCUT2D eigenvalue weighted by Gasteiger charge is -2.09. The Morgan fingerprint density at radius 2 is 2.05 bits per heavy atom. The Balaban J connectivity index is 2.28. The monoisotopic (exact) mass is 265 g/mol. The average molecular weight is 265 g/mol. The number of anilines is 1. The van der Waals surface area contributed by atoms with E-state index in [1.807, 2.05) is 0 Å². The van der Waals surface area contributed by atoms with Crippen LogP contribution < -0.4 is 10.1 Å². The third kappa shape index (κ3) is 2.65. The molecule has 19 heavy (non-hydrogen) atoms. The van der Waals surface area contributed by atoms with Crippen molar-refractivity contribution in [3.05, 3.63) is 47.9 Å². The first-order chi connectivity index (χ1) is 9.13. The minimum atomic E-state index is -1.33. The van der Waals surface area contributed by atoms with E-state index in [1.165, 1.54) is 19.4 Å². The number of hydrogen-bond acceptors (Lipinski definition) is 4. The van der Waals surface area contributed by atoms with Crippen molar-refractivity contribution in [2.75, 3.05) is 12.4 Å². The van der Waals surface area contributed by atoms with E-state index in [2.05, 4.69) is 15.3 Å². The SMILES string of the molecule is COc1ncccc1NC(=O)c1ccnc(F)c1F.